The van der Waals surface area contributed by atoms with Crippen molar-refractivity contribution >= 4 is 39.2 Å². The van der Waals surface area contributed by atoms with Crippen LogP contribution in [0.25, 0.3) is 27.6 Å². The number of allylic oxidation sites excluding steroid dienone is 1. The summed E-state index contributed by atoms with van der Waals surface area (Å²) < 4.78 is 0. The second-order valence-corrected chi connectivity index (χ2v) is 9.65. The molecule has 0 aliphatic rings. The van der Waals surface area contributed by atoms with Crippen LogP contribution >= 0.6 is 11.6 Å². The second kappa shape index (κ2) is 10.9. The van der Waals surface area contributed by atoms with Gasteiger partial charge in [0.2, 0.25) is 0 Å². The Kier molecular flexibility index (Phi) is 7.28. The third-order valence-electron chi connectivity index (χ3n) is 6.85. The van der Waals surface area contributed by atoms with Gasteiger partial charge in [-0.05, 0) is 69.8 Å². The number of hydrogen-bond acceptors (Lipinski definition) is 1. The van der Waals surface area contributed by atoms with Crippen molar-refractivity contribution in [3.8, 4) is 0 Å². The quantitative estimate of drug-likeness (QED) is 0.236. The number of halogens is 1. The Morgan fingerprint density at radius 3 is 2.29 bits per heavy atom. The molecule has 5 aromatic carbocycles. The maximum Gasteiger partial charge on any atom is 0.0406 e. The van der Waals surface area contributed by atoms with Crippen molar-refractivity contribution in [2.45, 2.75) is 31.8 Å². The number of fused-ring (bicyclic) bond motifs is 2. The van der Waals surface area contributed by atoms with E-state index < -0.39 is 0 Å². The van der Waals surface area contributed by atoms with Gasteiger partial charge in [0.1, 0.15) is 0 Å². The highest BCUT2D eigenvalue weighted by Gasteiger charge is 2.18. The highest BCUT2D eigenvalue weighted by atomic mass is 35.5. The van der Waals surface area contributed by atoms with Gasteiger partial charge in [-0.25, -0.2) is 0 Å². The first-order valence-corrected chi connectivity index (χ1v) is 12.7. The summed E-state index contributed by atoms with van der Waals surface area (Å²) in [4.78, 5) is 0. The lowest BCUT2D eigenvalue weighted by Gasteiger charge is -2.25. The zero-order valence-corrected chi connectivity index (χ0v) is 20.7. The molecule has 2 atom stereocenters. The molecule has 0 amide bonds. The summed E-state index contributed by atoms with van der Waals surface area (Å²) in [5.41, 5.74) is 3.86. The van der Waals surface area contributed by atoms with Crippen LogP contribution in [-0.2, 0) is 6.54 Å². The summed E-state index contributed by atoms with van der Waals surface area (Å²) in [6.07, 6.45) is 5.52. The maximum absolute atomic E-state index is 6.20. The summed E-state index contributed by atoms with van der Waals surface area (Å²) in [6, 6.07) is 38.9. The van der Waals surface area contributed by atoms with Crippen molar-refractivity contribution in [1.29, 1.82) is 0 Å². The smallest absolute Gasteiger partial charge is 0.0406 e. The highest BCUT2D eigenvalue weighted by molar-refractivity contribution is 6.30. The number of nitrogens with one attached hydrogen (secondary N) is 1. The van der Waals surface area contributed by atoms with E-state index in [0.29, 0.717) is 12.0 Å². The maximum atomic E-state index is 6.20. The first-order chi connectivity index (χ1) is 17.2. The number of hydrogen-bond donors (Lipinski definition) is 1. The van der Waals surface area contributed by atoms with Crippen molar-refractivity contribution in [3.63, 3.8) is 0 Å². The lowest BCUT2D eigenvalue weighted by molar-refractivity contribution is 0.460. The minimum Gasteiger partial charge on any atom is -0.310 e. The third kappa shape index (κ3) is 5.65. The molecule has 0 radical (unpaired) electrons. The van der Waals surface area contributed by atoms with Gasteiger partial charge in [-0.3, -0.25) is 0 Å². The SMILES string of the molecule is CC(NCc1ccc2ccccc2c1)C(CC=Cc1cccc2ccccc12)c1ccc(Cl)cc1. The van der Waals surface area contributed by atoms with Gasteiger partial charge in [0.25, 0.3) is 0 Å². The van der Waals surface area contributed by atoms with Crippen molar-refractivity contribution in [2.24, 2.45) is 0 Å². The predicted octanol–water partition coefficient (Wildman–Crippen LogP) is 9.01. The van der Waals surface area contributed by atoms with Gasteiger partial charge < -0.3 is 5.32 Å². The molecule has 0 aliphatic heterocycles. The van der Waals surface area contributed by atoms with Crippen LogP contribution in [0.5, 0.6) is 0 Å². The molecule has 0 fully saturated rings. The topological polar surface area (TPSA) is 12.0 Å². The molecule has 5 rings (SSSR count). The zero-order chi connectivity index (χ0) is 24.0. The predicted molar refractivity (Wildman–Crippen MR) is 152 cm³/mol. The van der Waals surface area contributed by atoms with Crippen LogP contribution in [0.3, 0.4) is 0 Å². The van der Waals surface area contributed by atoms with E-state index in [9.17, 15) is 0 Å². The van der Waals surface area contributed by atoms with Crippen LogP contribution in [0, 0.1) is 0 Å². The van der Waals surface area contributed by atoms with Crippen molar-refractivity contribution in [1.82, 2.24) is 5.32 Å². The van der Waals surface area contributed by atoms with Crippen LogP contribution in [0.2, 0.25) is 5.02 Å². The molecular weight excluding hydrogens is 446 g/mol. The fraction of sp³-hybridized carbons (Fsp3) is 0.152. The molecule has 35 heavy (non-hydrogen) atoms. The average molecular weight is 476 g/mol. The molecule has 1 nitrogen and oxygen atoms in total. The fourth-order valence-corrected chi connectivity index (χ4v) is 4.97. The fourth-order valence-electron chi connectivity index (χ4n) is 4.85. The summed E-state index contributed by atoms with van der Waals surface area (Å²) in [5.74, 6) is 0.332. The Balaban J connectivity index is 1.34. The molecule has 0 saturated carbocycles. The van der Waals surface area contributed by atoms with Crippen LogP contribution in [0.1, 0.15) is 36.0 Å². The third-order valence-corrected chi connectivity index (χ3v) is 7.11. The van der Waals surface area contributed by atoms with Gasteiger partial charge >= 0.3 is 0 Å². The van der Waals surface area contributed by atoms with Gasteiger partial charge in [0.05, 0.1) is 0 Å². The van der Waals surface area contributed by atoms with Gasteiger partial charge in [-0.1, -0.05) is 115 Å². The van der Waals surface area contributed by atoms with Crippen LogP contribution in [0.4, 0.5) is 0 Å². The normalized spacial score (nSPS) is 13.4. The molecule has 0 aromatic heterocycles. The Morgan fingerprint density at radius 2 is 1.46 bits per heavy atom. The molecule has 0 spiro atoms. The van der Waals surface area contributed by atoms with E-state index in [2.05, 4.69) is 121 Å². The number of benzene rings is 5. The lowest BCUT2D eigenvalue weighted by atomic mass is 9.88. The summed E-state index contributed by atoms with van der Waals surface area (Å²) in [7, 11) is 0. The summed E-state index contributed by atoms with van der Waals surface area (Å²) >= 11 is 6.20. The van der Waals surface area contributed by atoms with Gasteiger partial charge in [0.15, 0.2) is 0 Å². The van der Waals surface area contributed by atoms with Crippen LogP contribution < -0.4 is 5.32 Å². The van der Waals surface area contributed by atoms with E-state index >= 15 is 0 Å². The molecule has 0 aliphatic carbocycles. The van der Waals surface area contributed by atoms with E-state index in [1.165, 1.54) is 38.2 Å². The Morgan fingerprint density at radius 1 is 0.743 bits per heavy atom. The van der Waals surface area contributed by atoms with E-state index in [0.717, 1.165) is 18.0 Å². The Hall–Kier alpha value is -3.39. The van der Waals surface area contributed by atoms with E-state index in [4.69, 9.17) is 11.6 Å². The molecule has 0 saturated heterocycles. The molecule has 0 bridgehead atoms. The van der Waals surface area contributed by atoms with E-state index in [-0.39, 0.29) is 0 Å². The zero-order valence-electron chi connectivity index (χ0n) is 20.0. The van der Waals surface area contributed by atoms with E-state index in [1.807, 2.05) is 12.1 Å². The average Bonchev–Trinajstić information content (AvgIpc) is 2.90. The summed E-state index contributed by atoms with van der Waals surface area (Å²) in [5, 5.41) is 9.69. The first kappa shape index (κ1) is 23.4. The molecule has 0 heterocycles. The van der Waals surface area contributed by atoms with Crippen molar-refractivity contribution < 1.29 is 0 Å². The van der Waals surface area contributed by atoms with Crippen molar-refractivity contribution in [3.05, 3.63) is 137 Å². The molecule has 5 aromatic rings. The first-order valence-electron chi connectivity index (χ1n) is 12.3. The molecule has 1 N–H and O–H groups in total. The molecule has 174 valence electrons. The van der Waals surface area contributed by atoms with Gasteiger partial charge in [-0.2, -0.15) is 0 Å². The summed E-state index contributed by atoms with van der Waals surface area (Å²) in [6.45, 7) is 3.12. The standard InChI is InChI=1S/C33H30ClN/c1-24(35-23-25-16-17-26-8-2-3-10-30(26)22-25)32(29-18-20-31(34)21-19-29)15-7-13-28-12-6-11-27-9-4-5-14-33(27)28/h2-14,16-22,24,32,35H,15,23H2,1H3. The van der Waals surface area contributed by atoms with Crippen molar-refractivity contribution in [2.75, 3.05) is 0 Å². The lowest BCUT2D eigenvalue weighted by Crippen LogP contribution is -2.31. The van der Waals surface area contributed by atoms with Gasteiger partial charge in [0, 0.05) is 23.5 Å². The molecular formula is C33H30ClN. The monoisotopic (exact) mass is 475 g/mol. The molecule has 2 unspecified atom stereocenters. The molecule has 2 heteroatoms. The van der Waals surface area contributed by atoms with Crippen LogP contribution in [-0.4, -0.2) is 6.04 Å². The largest absolute Gasteiger partial charge is 0.310 e. The van der Waals surface area contributed by atoms with E-state index in [1.54, 1.807) is 0 Å². The second-order valence-electron chi connectivity index (χ2n) is 9.22. The minimum absolute atomic E-state index is 0.291. The number of rotatable bonds is 8. The Labute approximate surface area is 213 Å². The highest BCUT2D eigenvalue weighted by Crippen LogP contribution is 2.27. The van der Waals surface area contributed by atoms with Crippen LogP contribution in [0.15, 0.2) is 115 Å². The minimum atomic E-state index is 0.291. The Bertz CT molecular complexity index is 1450. The van der Waals surface area contributed by atoms with Gasteiger partial charge in [-0.15, -0.1) is 0 Å².